The van der Waals surface area contributed by atoms with E-state index in [0.29, 0.717) is 49.2 Å². The predicted molar refractivity (Wildman–Crippen MR) is 101 cm³/mol. The minimum atomic E-state index is -0.00575. The van der Waals surface area contributed by atoms with Gasteiger partial charge in [-0.05, 0) is 35.2 Å². The van der Waals surface area contributed by atoms with Gasteiger partial charge in [-0.2, -0.15) is 0 Å². The molecule has 2 heterocycles. The van der Waals surface area contributed by atoms with Gasteiger partial charge in [0.1, 0.15) is 13.2 Å². The zero-order chi connectivity index (χ0) is 17.9. The van der Waals surface area contributed by atoms with Gasteiger partial charge in [0.15, 0.2) is 11.5 Å². The van der Waals surface area contributed by atoms with Crippen molar-refractivity contribution < 1.29 is 14.3 Å². The van der Waals surface area contributed by atoms with Crippen molar-refractivity contribution in [1.82, 2.24) is 9.88 Å². The fourth-order valence-corrected chi connectivity index (χ4v) is 3.40. The molecule has 0 fully saturated rings. The summed E-state index contributed by atoms with van der Waals surface area (Å²) in [5.74, 6) is 1.20. The first kappa shape index (κ1) is 16.8. The molecule has 2 aromatic carbocycles. The first-order valence-electron chi connectivity index (χ1n) is 8.59. The maximum Gasteiger partial charge on any atom is 0.222 e. The Morgan fingerprint density at radius 3 is 2.92 bits per heavy atom. The number of amides is 1. The first-order chi connectivity index (χ1) is 12.7. The molecule has 3 aromatic rings. The second-order valence-electron chi connectivity index (χ2n) is 6.20. The highest BCUT2D eigenvalue weighted by Crippen LogP contribution is 2.38. The fourth-order valence-electron chi connectivity index (χ4n) is 3.11. The lowest BCUT2D eigenvalue weighted by Gasteiger charge is -2.20. The smallest absolute Gasteiger partial charge is 0.222 e. The van der Waals surface area contributed by atoms with E-state index in [9.17, 15) is 4.79 Å². The summed E-state index contributed by atoms with van der Waals surface area (Å²) < 4.78 is 13.2. The van der Waals surface area contributed by atoms with Gasteiger partial charge in [0.25, 0.3) is 0 Å². The molecular weight excluding hydrogens is 352 g/mol. The van der Waals surface area contributed by atoms with Crippen molar-refractivity contribution in [1.29, 1.82) is 0 Å². The van der Waals surface area contributed by atoms with E-state index >= 15 is 0 Å². The number of hydrogen-bond acceptors (Lipinski definition) is 3. The molecule has 4 rings (SSSR count). The Morgan fingerprint density at radius 2 is 2.00 bits per heavy atom. The van der Waals surface area contributed by atoms with Gasteiger partial charge < -0.3 is 19.4 Å². The number of aromatic nitrogens is 1. The summed E-state index contributed by atoms with van der Waals surface area (Å²) >= 11 is 6.23. The third kappa shape index (κ3) is 3.48. The van der Waals surface area contributed by atoms with Crippen LogP contribution in [0, 0.1) is 0 Å². The number of aryl methyl sites for hydroxylation is 1. The number of nitrogens with zero attached hydrogens (tertiary/aromatic N) is 1. The number of hydrogen-bond donors (Lipinski definition) is 1. The number of carbonyl (C=O) groups excluding carboxylic acids is 1. The molecule has 134 valence electrons. The van der Waals surface area contributed by atoms with Crippen molar-refractivity contribution in [2.24, 2.45) is 0 Å². The monoisotopic (exact) mass is 370 g/mol. The van der Waals surface area contributed by atoms with Crippen molar-refractivity contribution in [3.63, 3.8) is 0 Å². The lowest BCUT2D eigenvalue weighted by Crippen LogP contribution is -2.24. The third-order valence-corrected chi connectivity index (χ3v) is 4.69. The van der Waals surface area contributed by atoms with Crippen LogP contribution in [-0.4, -0.2) is 23.7 Å². The van der Waals surface area contributed by atoms with E-state index in [1.807, 2.05) is 24.4 Å². The third-order valence-electron chi connectivity index (χ3n) is 4.41. The molecule has 1 aliphatic heterocycles. The van der Waals surface area contributed by atoms with Gasteiger partial charge in [0, 0.05) is 31.2 Å². The van der Waals surface area contributed by atoms with E-state index in [1.165, 1.54) is 5.39 Å². The van der Waals surface area contributed by atoms with Gasteiger partial charge >= 0.3 is 0 Å². The highest BCUT2D eigenvalue weighted by atomic mass is 35.5. The van der Waals surface area contributed by atoms with E-state index in [1.54, 1.807) is 6.07 Å². The molecule has 26 heavy (non-hydrogen) atoms. The van der Waals surface area contributed by atoms with E-state index in [0.717, 1.165) is 11.1 Å². The number of halogens is 1. The molecule has 0 bridgehead atoms. The van der Waals surface area contributed by atoms with Crippen LogP contribution in [0.15, 0.2) is 48.7 Å². The molecule has 0 aliphatic carbocycles. The van der Waals surface area contributed by atoms with Gasteiger partial charge in [-0.15, -0.1) is 0 Å². The van der Waals surface area contributed by atoms with Crippen LogP contribution < -0.4 is 14.8 Å². The van der Waals surface area contributed by atoms with Gasteiger partial charge in [-0.3, -0.25) is 4.79 Å². The number of nitrogens with one attached hydrogen (secondary N) is 1. The average molecular weight is 371 g/mol. The van der Waals surface area contributed by atoms with Crippen LogP contribution in [-0.2, 0) is 17.9 Å². The first-order valence-corrected chi connectivity index (χ1v) is 8.97. The molecule has 0 atom stereocenters. The van der Waals surface area contributed by atoms with Gasteiger partial charge in [0.2, 0.25) is 5.91 Å². The van der Waals surface area contributed by atoms with Crippen molar-refractivity contribution in [2.75, 3.05) is 13.2 Å². The molecule has 1 aromatic heterocycles. The summed E-state index contributed by atoms with van der Waals surface area (Å²) in [6.45, 7) is 2.05. The van der Waals surface area contributed by atoms with Crippen LogP contribution in [0.25, 0.3) is 10.9 Å². The topological polar surface area (TPSA) is 52.5 Å². The van der Waals surface area contributed by atoms with E-state index < -0.39 is 0 Å². The second kappa shape index (κ2) is 7.30. The van der Waals surface area contributed by atoms with Gasteiger partial charge in [-0.1, -0.05) is 29.8 Å². The Hall–Kier alpha value is -2.66. The molecule has 5 nitrogen and oxygen atoms in total. The predicted octanol–water partition coefficient (Wildman–Crippen LogP) is 3.77. The van der Waals surface area contributed by atoms with Crippen molar-refractivity contribution in [3.8, 4) is 11.5 Å². The highest BCUT2D eigenvalue weighted by Gasteiger charge is 2.16. The minimum absolute atomic E-state index is 0.00575. The number of fused-ring (bicyclic) bond motifs is 2. The van der Waals surface area contributed by atoms with Gasteiger partial charge in [0.05, 0.1) is 5.02 Å². The Labute approximate surface area is 156 Å². The van der Waals surface area contributed by atoms with E-state index in [2.05, 4.69) is 28.1 Å². The molecule has 0 unspecified atom stereocenters. The molecule has 0 saturated heterocycles. The zero-order valence-corrected chi connectivity index (χ0v) is 15.0. The Morgan fingerprint density at radius 1 is 1.15 bits per heavy atom. The number of carbonyl (C=O) groups is 1. The van der Waals surface area contributed by atoms with Crippen LogP contribution in [0.3, 0.4) is 0 Å². The SMILES string of the molecule is O=C(CCn1ccc2ccccc21)NCc1cc(Cl)c2c(c1)OCCO2. The quantitative estimate of drug-likeness (QED) is 0.743. The van der Waals surface area contributed by atoms with Crippen LogP contribution in [0.5, 0.6) is 11.5 Å². The van der Waals surface area contributed by atoms with Crippen LogP contribution in [0.2, 0.25) is 5.02 Å². The molecule has 1 aliphatic rings. The summed E-state index contributed by atoms with van der Waals surface area (Å²) in [5, 5.41) is 4.62. The Balaban J connectivity index is 1.35. The lowest BCUT2D eigenvalue weighted by atomic mass is 10.2. The normalized spacial score (nSPS) is 13.0. The summed E-state index contributed by atoms with van der Waals surface area (Å²) in [4.78, 5) is 12.2. The van der Waals surface area contributed by atoms with Crippen molar-refractivity contribution >= 4 is 28.4 Å². The van der Waals surface area contributed by atoms with Gasteiger partial charge in [-0.25, -0.2) is 0 Å². The average Bonchev–Trinajstić information content (AvgIpc) is 3.08. The summed E-state index contributed by atoms with van der Waals surface area (Å²) in [5.41, 5.74) is 2.03. The summed E-state index contributed by atoms with van der Waals surface area (Å²) in [6, 6.07) is 13.9. The molecular formula is C20H19ClN2O3. The van der Waals surface area contributed by atoms with Crippen LogP contribution in [0.4, 0.5) is 0 Å². The highest BCUT2D eigenvalue weighted by molar-refractivity contribution is 6.32. The maximum atomic E-state index is 12.2. The number of benzene rings is 2. The van der Waals surface area contributed by atoms with Crippen molar-refractivity contribution in [3.05, 3.63) is 59.2 Å². The van der Waals surface area contributed by atoms with Crippen molar-refractivity contribution in [2.45, 2.75) is 19.5 Å². The molecule has 0 radical (unpaired) electrons. The largest absolute Gasteiger partial charge is 0.486 e. The maximum absolute atomic E-state index is 12.2. The summed E-state index contributed by atoms with van der Waals surface area (Å²) in [6.07, 6.45) is 2.43. The zero-order valence-electron chi connectivity index (χ0n) is 14.2. The number of para-hydroxylation sites is 1. The van der Waals surface area contributed by atoms with E-state index in [4.69, 9.17) is 21.1 Å². The Kier molecular flexibility index (Phi) is 4.71. The number of rotatable bonds is 5. The van der Waals surface area contributed by atoms with Crippen LogP contribution in [0.1, 0.15) is 12.0 Å². The molecule has 1 amide bonds. The second-order valence-corrected chi connectivity index (χ2v) is 6.60. The molecule has 0 saturated carbocycles. The Bertz CT molecular complexity index is 951. The minimum Gasteiger partial charge on any atom is -0.486 e. The summed E-state index contributed by atoms with van der Waals surface area (Å²) in [7, 11) is 0. The fraction of sp³-hybridized carbons (Fsp3) is 0.250. The molecule has 1 N–H and O–H groups in total. The number of ether oxygens (including phenoxy) is 2. The van der Waals surface area contributed by atoms with Crippen LogP contribution >= 0.6 is 11.6 Å². The van der Waals surface area contributed by atoms with E-state index in [-0.39, 0.29) is 5.91 Å². The lowest BCUT2D eigenvalue weighted by molar-refractivity contribution is -0.121. The standard InChI is InChI=1S/C20H19ClN2O3/c21-16-11-14(12-18-20(16)26-10-9-25-18)13-22-19(24)6-8-23-7-5-15-3-1-2-4-17(15)23/h1-5,7,11-12H,6,8-10,13H2,(H,22,24). The molecule has 6 heteroatoms. The molecule has 0 spiro atoms.